The minimum Gasteiger partial charge on any atom is -0.508 e. The number of benzene rings is 3. The second-order valence-corrected chi connectivity index (χ2v) is 13.1. The molecule has 2 bridgehead atoms. The lowest BCUT2D eigenvalue weighted by molar-refractivity contribution is 0.0345. The molecule has 3 aromatic carbocycles. The molecule has 4 atom stereocenters. The molecule has 3 aliphatic heterocycles. The van der Waals surface area contributed by atoms with Crippen LogP contribution in [0, 0.1) is 52.5 Å². The van der Waals surface area contributed by atoms with Gasteiger partial charge in [0.2, 0.25) is 0 Å². The van der Waals surface area contributed by atoms with Gasteiger partial charge in [0.1, 0.15) is 28.7 Å². The second-order valence-electron chi connectivity index (χ2n) is 13.1. The van der Waals surface area contributed by atoms with Crippen LogP contribution in [0.4, 0.5) is 19.0 Å². The van der Waals surface area contributed by atoms with E-state index in [9.17, 15) is 14.8 Å². The molecule has 3 aliphatic rings. The molecule has 8 nitrogen and oxygen atoms in total. The van der Waals surface area contributed by atoms with Crippen LogP contribution in [0.3, 0.4) is 0 Å². The number of aromatic nitrogens is 2. The number of hydrogen-bond donors (Lipinski definition) is 2. The van der Waals surface area contributed by atoms with Crippen molar-refractivity contribution in [3.63, 3.8) is 0 Å². The topological polar surface area (TPSA) is 97.5 Å². The Morgan fingerprint density at radius 1 is 1.11 bits per heavy atom. The monoisotopic (exact) mass is 626 g/mol. The van der Waals surface area contributed by atoms with Crippen molar-refractivity contribution in [3.05, 3.63) is 53.3 Å². The van der Waals surface area contributed by atoms with Gasteiger partial charge in [-0.05, 0) is 62.5 Å². The largest absolute Gasteiger partial charge is 0.508 e. The number of piperazine rings is 1. The molecular formula is C35H33F3N6O2. The number of aromatic hydroxyl groups is 1. The maximum absolute atomic E-state index is 16.8. The van der Waals surface area contributed by atoms with Crippen LogP contribution in [0.15, 0.2) is 30.3 Å². The Kier molecular flexibility index (Phi) is 7.42. The van der Waals surface area contributed by atoms with Gasteiger partial charge in [-0.25, -0.2) is 13.2 Å². The van der Waals surface area contributed by atoms with Crippen LogP contribution in [-0.4, -0.2) is 71.9 Å². The molecule has 46 heavy (non-hydrogen) atoms. The van der Waals surface area contributed by atoms with Crippen molar-refractivity contribution in [2.45, 2.75) is 38.3 Å². The molecule has 0 amide bonds. The number of fused-ring (bicyclic) bond motifs is 4. The average molecular weight is 627 g/mol. The van der Waals surface area contributed by atoms with E-state index in [0.717, 1.165) is 25.5 Å². The number of halogens is 3. The number of nitrogens with one attached hydrogen (secondary N) is 1. The van der Waals surface area contributed by atoms with E-state index >= 15 is 8.78 Å². The summed E-state index contributed by atoms with van der Waals surface area (Å²) in [5.74, 6) is -0.553. The van der Waals surface area contributed by atoms with E-state index in [2.05, 4.69) is 27.2 Å². The molecule has 0 spiro atoms. The highest BCUT2D eigenvalue weighted by Gasteiger charge is 2.40. The van der Waals surface area contributed by atoms with Crippen LogP contribution in [-0.2, 0) is 0 Å². The number of likely N-dealkylation sites (tertiary alicyclic amines) is 1. The molecule has 4 heterocycles. The highest BCUT2D eigenvalue weighted by molar-refractivity contribution is 6.04. The Balaban J connectivity index is 1.41. The third-order valence-electron chi connectivity index (χ3n) is 9.78. The van der Waals surface area contributed by atoms with Gasteiger partial charge in [0, 0.05) is 53.5 Å². The highest BCUT2D eigenvalue weighted by Crippen LogP contribution is 2.42. The molecular weight excluding hydrogens is 593 g/mol. The van der Waals surface area contributed by atoms with E-state index < -0.39 is 28.4 Å². The highest BCUT2D eigenvalue weighted by atomic mass is 19.1. The third-order valence-corrected chi connectivity index (χ3v) is 9.78. The molecule has 0 aliphatic carbocycles. The van der Waals surface area contributed by atoms with Crippen LogP contribution in [0.25, 0.3) is 32.8 Å². The first-order valence-electron chi connectivity index (χ1n) is 15.4. The number of phenols is 1. The maximum atomic E-state index is 16.8. The van der Waals surface area contributed by atoms with Crippen molar-refractivity contribution in [2.75, 3.05) is 44.7 Å². The summed E-state index contributed by atoms with van der Waals surface area (Å²) in [4.78, 5) is 13.3. The number of piperidine rings is 1. The summed E-state index contributed by atoms with van der Waals surface area (Å²) in [7, 11) is 1.99. The normalized spacial score (nSPS) is 24.7. The predicted octanol–water partition coefficient (Wildman–Crippen LogP) is 5.36. The molecule has 2 N–H and O–H groups in total. The quantitative estimate of drug-likeness (QED) is 0.286. The fraction of sp³-hybridized carbons (Fsp3) is 0.400. The lowest BCUT2D eigenvalue weighted by Gasteiger charge is -2.41. The zero-order valence-electron chi connectivity index (χ0n) is 25.6. The fourth-order valence-electron chi connectivity index (χ4n) is 7.55. The van der Waals surface area contributed by atoms with Gasteiger partial charge < -0.3 is 25.0 Å². The Bertz CT molecular complexity index is 1960. The van der Waals surface area contributed by atoms with Crippen LogP contribution in [0.5, 0.6) is 11.8 Å². The van der Waals surface area contributed by atoms with E-state index in [1.165, 1.54) is 24.3 Å². The summed E-state index contributed by atoms with van der Waals surface area (Å²) in [5.41, 5.74) is -1.49. The van der Waals surface area contributed by atoms with Crippen molar-refractivity contribution in [1.29, 1.82) is 5.26 Å². The second kappa shape index (κ2) is 11.3. The molecule has 236 valence electrons. The lowest BCUT2D eigenvalue weighted by Crippen LogP contribution is -2.51. The summed E-state index contributed by atoms with van der Waals surface area (Å²) < 4.78 is 54.1. The van der Waals surface area contributed by atoms with Crippen molar-refractivity contribution in [3.8, 4) is 41.3 Å². The summed E-state index contributed by atoms with van der Waals surface area (Å²) in [5, 5.41) is 24.5. The number of nitrogens with zero attached hydrogens (tertiary/aromatic N) is 5. The van der Waals surface area contributed by atoms with Gasteiger partial charge in [-0.15, -0.1) is 6.42 Å². The van der Waals surface area contributed by atoms with Gasteiger partial charge in [-0.1, -0.05) is 18.9 Å². The van der Waals surface area contributed by atoms with Crippen molar-refractivity contribution < 1.29 is 23.0 Å². The number of nitriles is 1. The number of rotatable bonds is 5. The lowest BCUT2D eigenvalue weighted by atomic mass is 9.74. The Hall–Kier alpha value is -4.58. The summed E-state index contributed by atoms with van der Waals surface area (Å²) in [6.45, 7) is 4.70. The van der Waals surface area contributed by atoms with Crippen molar-refractivity contribution in [1.82, 2.24) is 20.2 Å². The number of anilines is 1. The third kappa shape index (κ3) is 5.04. The number of hydrogen-bond acceptors (Lipinski definition) is 8. The maximum Gasteiger partial charge on any atom is 0.319 e. The van der Waals surface area contributed by atoms with Crippen LogP contribution in [0.1, 0.15) is 31.7 Å². The van der Waals surface area contributed by atoms with Gasteiger partial charge in [0.05, 0.1) is 29.7 Å². The Labute approximate surface area is 264 Å². The molecule has 1 aromatic heterocycles. The van der Waals surface area contributed by atoms with Gasteiger partial charge >= 0.3 is 6.01 Å². The van der Waals surface area contributed by atoms with E-state index in [-0.39, 0.29) is 63.8 Å². The molecule has 4 aromatic rings. The Morgan fingerprint density at radius 3 is 2.59 bits per heavy atom. The molecule has 0 unspecified atom stereocenters. The van der Waals surface area contributed by atoms with Gasteiger partial charge in [-0.3, -0.25) is 0 Å². The Morgan fingerprint density at radius 2 is 1.87 bits per heavy atom. The molecule has 11 heteroatoms. The first-order chi connectivity index (χ1) is 22.1. The van der Waals surface area contributed by atoms with E-state index in [0.29, 0.717) is 37.3 Å². The summed E-state index contributed by atoms with van der Waals surface area (Å²) in [6, 6.07) is 9.01. The SMILES string of the molecule is C#Cc1c(F)ccc2cc(O)cc(-c3c(F)cc4c(N5C[C@H]6CC[C@@H](C5)N6)nc(OC[C@@]5(C)CN(C)CC[C@H]5C#N)nc4c3F)c12. The van der Waals surface area contributed by atoms with Crippen LogP contribution >= 0.6 is 0 Å². The molecule has 0 radical (unpaired) electrons. The van der Waals surface area contributed by atoms with Crippen molar-refractivity contribution in [2.24, 2.45) is 11.3 Å². The minimum absolute atomic E-state index is 0.0906. The fourth-order valence-corrected chi connectivity index (χ4v) is 7.55. The van der Waals surface area contributed by atoms with E-state index in [1.807, 2.05) is 18.9 Å². The van der Waals surface area contributed by atoms with E-state index in [1.54, 1.807) is 0 Å². The van der Waals surface area contributed by atoms with Gasteiger partial charge in [0.15, 0.2) is 5.82 Å². The summed E-state index contributed by atoms with van der Waals surface area (Å²) in [6.07, 6.45) is 8.30. The predicted molar refractivity (Wildman–Crippen MR) is 169 cm³/mol. The molecule has 3 saturated heterocycles. The van der Waals surface area contributed by atoms with E-state index in [4.69, 9.17) is 16.1 Å². The number of terminal acetylenes is 1. The summed E-state index contributed by atoms with van der Waals surface area (Å²) >= 11 is 0. The zero-order chi connectivity index (χ0) is 32.3. The van der Waals surface area contributed by atoms with Gasteiger partial charge in [0.25, 0.3) is 0 Å². The molecule has 7 rings (SSSR count). The molecule has 3 fully saturated rings. The van der Waals surface area contributed by atoms with Gasteiger partial charge in [-0.2, -0.15) is 15.2 Å². The average Bonchev–Trinajstić information content (AvgIpc) is 3.37. The van der Waals surface area contributed by atoms with Crippen LogP contribution < -0.4 is 15.0 Å². The first-order valence-corrected chi connectivity index (χ1v) is 15.4. The van der Waals surface area contributed by atoms with Crippen LogP contribution in [0.2, 0.25) is 0 Å². The first kappa shape index (κ1) is 30.1. The smallest absolute Gasteiger partial charge is 0.319 e. The minimum atomic E-state index is -1.01. The number of ether oxygens (including phenoxy) is 1. The standard InChI is InChI=1S/C35H33F3N6O2/c1-4-24-27(36)8-5-19-11-23(45)12-25(29(19)24)30-28(37)13-26-32(31(30)38)41-34(42-33(26)44-15-21-6-7-22(16-44)40-21)46-18-35(2)17-43(3)10-9-20(35)14-39/h1,5,8,11-13,20-22,40,45H,6-7,9-10,15-18H2,2-3H3/t20-,21-,22+,35+/m0/s1. The number of phenolic OH excluding ortho intramolecular Hbond substituents is 1. The van der Waals surface area contributed by atoms with Crippen molar-refractivity contribution >= 4 is 27.5 Å². The molecule has 0 saturated carbocycles. The zero-order valence-corrected chi connectivity index (χ0v) is 25.6.